The van der Waals surface area contributed by atoms with Crippen molar-refractivity contribution >= 4 is 39.6 Å². The highest BCUT2D eigenvalue weighted by atomic mass is 35.5. The molecule has 2 aromatic carbocycles. The summed E-state index contributed by atoms with van der Waals surface area (Å²) in [6.45, 7) is 4.21. The third kappa shape index (κ3) is 3.16. The fourth-order valence-corrected chi connectivity index (χ4v) is 3.23. The van der Waals surface area contributed by atoms with Crippen LogP contribution in [0.1, 0.15) is 0 Å². The molecule has 0 amide bonds. The van der Waals surface area contributed by atoms with Crippen molar-refractivity contribution in [2.45, 2.75) is 0 Å². The molecule has 2 heterocycles. The van der Waals surface area contributed by atoms with Crippen LogP contribution in [0, 0.1) is 0 Å². The Hall–Kier alpha value is -2.30. The molecule has 1 aliphatic heterocycles. The summed E-state index contributed by atoms with van der Waals surface area (Å²) < 4.78 is 0. The zero-order valence-electron chi connectivity index (χ0n) is 13.3. The number of rotatable bonds is 3. The van der Waals surface area contributed by atoms with Gasteiger partial charge in [0.1, 0.15) is 0 Å². The van der Waals surface area contributed by atoms with Gasteiger partial charge in [0.2, 0.25) is 0 Å². The normalized spacial score (nSPS) is 14.8. The molecule has 1 fully saturated rings. The number of hydrogen-bond donors (Lipinski definition) is 2. The molecule has 2 N–H and O–H groups in total. The summed E-state index contributed by atoms with van der Waals surface area (Å²) in [6.07, 6.45) is 1.80. The topological polar surface area (TPSA) is 40.2 Å². The molecule has 5 heteroatoms. The van der Waals surface area contributed by atoms with E-state index in [4.69, 9.17) is 11.6 Å². The monoisotopic (exact) mass is 338 g/mol. The molecule has 0 saturated carbocycles. The summed E-state index contributed by atoms with van der Waals surface area (Å²) >= 11 is 6.05. The number of fused-ring (bicyclic) bond motifs is 1. The van der Waals surface area contributed by atoms with Gasteiger partial charge in [0.25, 0.3) is 0 Å². The molecule has 1 saturated heterocycles. The molecular weight excluding hydrogens is 320 g/mol. The highest BCUT2D eigenvalue weighted by Gasteiger charge is 2.10. The molecule has 122 valence electrons. The molecule has 1 aromatic heterocycles. The molecule has 24 heavy (non-hydrogen) atoms. The summed E-state index contributed by atoms with van der Waals surface area (Å²) in [6, 6.07) is 16.4. The van der Waals surface area contributed by atoms with Gasteiger partial charge in [-0.05, 0) is 48.5 Å². The van der Waals surface area contributed by atoms with Gasteiger partial charge in [0.05, 0.1) is 5.52 Å². The first-order valence-corrected chi connectivity index (χ1v) is 8.54. The van der Waals surface area contributed by atoms with Gasteiger partial charge in [-0.25, -0.2) is 0 Å². The van der Waals surface area contributed by atoms with Gasteiger partial charge < -0.3 is 15.5 Å². The quantitative estimate of drug-likeness (QED) is 0.756. The molecule has 0 unspecified atom stereocenters. The second kappa shape index (κ2) is 6.67. The van der Waals surface area contributed by atoms with E-state index in [9.17, 15) is 0 Å². The summed E-state index contributed by atoms with van der Waals surface area (Å²) in [5.41, 5.74) is 4.27. The van der Waals surface area contributed by atoms with E-state index in [1.54, 1.807) is 6.20 Å². The van der Waals surface area contributed by atoms with Crippen LogP contribution in [-0.4, -0.2) is 31.2 Å². The number of nitrogens with zero attached hydrogens (tertiary/aromatic N) is 2. The average Bonchev–Trinajstić information content (AvgIpc) is 2.63. The maximum Gasteiger partial charge on any atom is 0.0737 e. The lowest BCUT2D eigenvalue weighted by atomic mass is 10.1. The second-order valence-corrected chi connectivity index (χ2v) is 6.37. The smallest absolute Gasteiger partial charge is 0.0737 e. The lowest BCUT2D eigenvalue weighted by Crippen LogP contribution is -2.43. The van der Waals surface area contributed by atoms with E-state index < -0.39 is 0 Å². The van der Waals surface area contributed by atoms with Crippen LogP contribution >= 0.6 is 11.6 Å². The van der Waals surface area contributed by atoms with Crippen molar-refractivity contribution < 1.29 is 0 Å². The maximum atomic E-state index is 6.05. The van der Waals surface area contributed by atoms with Crippen molar-refractivity contribution in [2.24, 2.45) is 0 Å². The lowest BCUT2D eigenvalue weighted by Gasteiger charge is -2.29. The summed E-state index contributed by atoms with van der Waals surface area (Å²) in [7, 11) is 0. The molecule has 0 aliphatic carbocycles. The van der Waals surface area contributed by atoms with Gasteiger partial charge in [-0.3, -0.25) is 4.98 Å². The Balaban J connectivity index is 1.57. The molecule has 0 spiro atoms. The van der Waals surface area contributed by atoms with Crippen molar-refractivity contribution in [2.75, 3.05) is 36.4 Å². The Kier molecular flexibility index (Phi) is 4.24. The van der Waals surface area contributed by atoms with Gasteiger partial charge in [-0.2, -0.15) is 0 Å². The largest absolute Gasteiger partial charge is 0.369 e. The lowest BCUT2D eigenvalue weighted by molar-refractivity contribution is 0.589. The fourth-order valence-electron chi connectivity index (χ4n) is 3.06. The van der Waals surface area contributed by atoms with Crippen molar-refractivity contribution in [1.82, 2.24) is 10.3 Å². The van der Waals surface area contributed by atoms with Crippen LogP contribution in [0.2, 0.25) is 5.02 Å². The SMILES string of the molecule is Clc1ccc2c(Nc3ccc(N4CCNCC4)cc3)ccnc2c1. The number of nitrogens with one attached hydrogen (secondary N) is 2. The van der Waals surface area contributed by atoms with E-state index in [2.05, 4.69) is 44.8 Å². The number of hydrogen-bond acceptors (Lipinski definition) is 4. The minimum absolute atomic E-state index is 0.701. The van der Waals surface area contributed by atoms with Crippen LogP contribution in [0.3, 0.4) is 0 Å². The van der Waals surface area contributed by atoms with Gasteiger partial charge >= 0.3 is 0 Å². The van der Waals surface area contributed by atoms with Crippen molar-refractivity contribution in [1.29, 1.82) is 0 Å². The first-order valence-electron chi connectivity index (χ1n) is 8.17. The molecule has 0 bridgehead atoms. The van der Waals surface area contributed by atoms with E-state index in [1.807, 2.05) is 24.3 Å². The summed E-state index contributed by atoms with van der Waals surface area (Å²) in [5, 5.41) is 8.63. The zero-order valence-corrected chi connectivity index (χ0v) is 14.1. The van der Waals surface area contributed by atoms with E-state index in [-0.39, 0.29) is 0 Å². The summed E-state index contributed by atoms with van der Waals surface area (Å²) in [5.74, 6) is 0. The Bertz CT molecular complexity index is 842. The van der Waals surface area contributed by atoms with Gasteiger partial charge in [0, 0.05) is 59.8 Å². The number of halogens is 1. The van der Waals surface area contributed by atoms with Gasteiger partial charge in [-0.1, -0.05) is 11.6 Å². The molecule has 4 rings (SSSR count). The zero-order chi connectivity index (χ0) is 16.4. The minimum atomic E-state index is 0.701. The average molecular weight is 339 g/mol. The molecular formula is C19H19ClN4. The Morgan fingerprint density at radius 1 is 1.00 bits per heavy atom. The van der Waals surface area contributed by atoms with Crippen molar-refractivity contribution in [3.05, 3.63) is 59.8 Å². The highest BCUT2D eigenvalue weighted by Crippen LogP contribution is 2.28. The Labute approximate surface area is 146 Å². The number of aromatic nitrogens is 1. The van der Waals surface area contributed by atoms with Crippen LogP contribution < -0.4 is 15.5 Å². The molecule has 1 aliphatic rings. The third-order valence-corrected chi connectivity index (χ3v) is 4.57. The number of piperazine rings is 1. The maximum absolute atomic E-state index is 6.05. The van der Waals surface area contributed by atoms with E-state index >= 15 is 0 Å². The van der Waals surface area contributed by atoms with Crippen molar-refractivity contribution in [3.8, 4) is 0 Å². The Morgan fingerprint density at radius 3 is 2.58 bits per heavy atom. The molecule has 3 aromatic rings. The van der Waals surface area contributed by atoms with E-state index in [0.29, 0.717) is 5.02 Å². The fraction of sp³-hybridized carbons (Fsp3) is 0.211. The number of benzene rings is 2. The predicted molar refractivity (Wildman–Crippen MR) is 102 cm³/mol. The number of pyridine rings is 1. The third-order valence-electron chi connectivity index (χ3n) is 4.33. The highest BCUT2D eigenvalue weighted by molar-refractivity contribution is 6.31. The molecule has 0 atom stereocenters. The predicted octanol–water partition coefficient (Wildman–Crippen LogP) is 4.04. The van der Waals surface area contributed by atoms with E-state index in [0.717, 1.165) is 48.5 Å². The second-order valence-electron chi connectivity index (χ2n) is 5.93. The molecule has 4 nitrogen and oxygen atoms in total. The van der Waals surface area contributed by atoms with Crippen LogP contribution in [0.25, 0.3) is 10.9 Å². The minimum Gasteiger partial charge on any atom is -0.369 e. The van der Waals surface area contributed by atoms with Gasteiger partial charge in [0.15, 0.2) is 0 Å². The van der Waals surface area contributed by atoms with Gasteiger partial charge in [-0.15, -0.1) is 0 Å². The van der Waals surface area contributed by atoms with Crippen LogP contribution in [-0.2, 0) is 0 Å². The van der Waals surface area contributed by atoms with Crippen molar-refractivity contribution in [3.63, 3.8) is 0 Å². The Morgan fingerprint density at radius 2 is 1.79 bits per heavy atom. The van der Waals surface area contributed by atoms with E-state index in [1.165, 1.54) is 5.69 Å². The molecule has 0 radical (unpaired) electrons. The first-order chi connectivity index (χ1) is 11.8. The van der Waals surface area contributed by atoms with Crippen LogP contribution in [0.4, 0.5) is 17.1 Å². The first kappa shape index (κ1) is 15.2. The summed E-state index contributed by atoms with van der Waals surface area (Å²) in [4.78, 5) is 6.79. The standard InChI is InChI=1S/C19H19ClN4/c20-14-1-6-17-18(7-8-22-19(17)13-14)23-15-2-4-16(5-3-15)24-11-9-21-10-12-24/h1-8,13,21H,9-12H2,(H,22,23). The van der Waals surface area contributed by atoms with Crippen LogP contribution in [0.5, 0.6) is 0 Å². The van der Waals surface area contributed by atoms with Crippen LogP contribution in [0.15, 0.2) is 54.7 Å². The number of anilines is 3.